The average Bonchev–Trinajstić information content (AvgIpc) is 2.68. The summed E-state index contributed by atoms with van der Waals surface area (Å²) in [6.07, 6.45) is -0.344. The molecule has 0 radical (unpaired) electrons. The molecule has 18 heavy (non-hydrogen) atoms. The lowest BCUT2D eigenvalue weighted by Gasteiger charge is -2.12. The van der Waals surface area contributed by atoms with Gasteiger partial charge in [-0.2, -0.15) is 0 Å². The quantitative estimate of drug-likeness (QED) is 0.946. The topological polar surface area (TPSA) is 50.9 Å². The van der Waals surface area contributed by atoms with Crippen LogP contribution < -0.4 is 0 Å². The molecule has 1 unspecified atom stereocenters. The van der Waals surface area contributed by atoms with Crippen molar-refractivity contribution in [1.29, 1.82) is 0 Å². The maximum atomic E-state index is 13.8. The molecule has 1 atom stereocenters. The highest BCUT2D eigenvalue weighted by Crippen LogP contribution is 2.24. The number of hydrogen-bond acceptors (Lipinski definition) is 3. The molecule has 0 saturated heterocycles. The fraction of sp³-hybridized carbons (Fsp3) is 0.333. The molecule has 0 aliphatic heterocycles. The Bertz CT molecular complexity index is 570. The molecule has 1 aromatic carbocycles. The molecule has 96 valence electrons. The fourth-order valence-electron chi connectivity index (χ4n) is 1.76. The summed E-state index contributed by atoms with van der Waals surface area (Å²) in [5, 5.41) is 14.2. The maximum Gasteiger partial charge on any atom is 0.217 e. The summed E-state index contributed by atoms with van der Waals surface area (Å²) in [5.41, 5.74) is 1.18. The van der Waals surface area contributed by atoms with Gasteiger partial charge in [0.25, 0.3) is 0 Å². The van der Waals surface area contributed by atoms with Gasteiger partial charge in [0.1, 0.15) is 11.9 Å². The third kappa shape index (κ3) is 2.44. The third-order valence-electron chi connectivity index (χ3n) is 2.78. The number of aromatic nitrogens is 3. The number of benzene rings is 1. The van der Waals surface area contributed by atoms with Crippen molar-refractivity contribution in [2.24, 2.45) is 7.05 Å². The SMILES string of the molecule is CCc1ccc(F)c(C(O)c2nc(Br)nn2C)c1. The zero-order valence-electron chi connectivity index (χ0n) is 10.1. The van der Waals surface area contributed by atoms with Gasteiger partial charge in [-0.05, 0) is 40.0 Å². The molecule has 1 N–H and O–H groups in total. The number of rotatable bonds is 3. The molecule has 0 aliphatic carbocycles. The summed E-state index contributed by atoms with van der Waals surface area (Å²) in [6, 6.07) is 4.73. The van der Waals surface area contributed by atoms with E-state index in [9.17, 15) is 9.50 Å². The highest BCUT2D eigenvalue weighted by Gasteiger charge is 2.21. The summed E-state index contributed by atoms with van der Waals surface area (Å²) >= 11 is 3.12. The second kappa shape index (κ2) is 5.16. The van der Waals surface area contributed by atoms with Crippen molar-refractivity contribution in [3.05, 3.63) is 45.7 Å². The molecule has 6 heteroatoms. The van der Waals surface area contributed by atoms with E-state index >= 15 is 0 Å². The summed E-state index contributed by atoms with van der Waals surface area (Å²) in [4.78, 5) is 4.03. The molecule has 0 saturated carbocycles. The zero-order chi connectivity index (χ0) is 13.3. The lowest BCUT2D eigenvalue weighted by molar-refractivity contribution is 0.199. The van der Waals surface area contributed by atoms with Crippen LogP contribution in [0.4, 0.5) is 4.39 Å². The molecular formula is C12H13BrFN3O. The van der Waals surface area contributed by atoms with Crippen molar-refractivity contribution in [3.8, 4) is 0 Å². The van der Waals surface area contributed by atoms with Crippen LogP contribution in [0.15, 0.2) is 22.9 Å². The van der Waals surface area contributed by atoms with Gasteiger partial charge in [-0.3, -0.25) is 0 Å². The highest BCUT2D eigenvalue weighted by molar-refractivity contribution is 9.10. The minimum atomic E-state index is -1.12. The molecule has 1 aromatic heterocycles. The standard InChI is InChI=1S/C12H13BrFN3O/c1-3-7-4-5-9(14)8(6-7)10(18)11-15-12(13)16-17(11)2/h4-6,10,18H,3H2,1-2H3. The smallest absolute Gasteiger partial charge is 0.217 e. The molecule has 0 bridgehead atoms. The van der Waals surface area contributed by atoms with Gasteiger partial charge in [-0.25, -0.2) is 14.1 Å². The van der Waals surface area contributed by atoms with Crippen LogP contribution in [0.3, 0.4) is 0 Å². The molecular weight excluding hydrogens is 301 g/mol. The van der Waals surface area contributed by atoms with Gasteiger partial charge in [-0.1, -0.05) is 13.0 Å². The number of aliphatic hydroxyl groups excluding tert-OH is 1. The predicted octanol–water partition coefficient (Wildman–Crippen LogP) is 2.36. The average molecular weight is 314 g/mol. The van der Waals surface area contributed by atoms with Crippen LogP contribution in [-0.4, -0.2) is 19.9 Å². The Morgan fingerprint density at radius 3 is 2.78 bits per heavy atom. The van der Waals surface area contributed by atoms with E-state index in [0.29, 0.717) is 10.6 Å². The Morgan fingerprint density at radius 2 is 2.22 bits per heavy atom. The van der Waals surface area contributed by atoms with Gasteiger partial charge in [0.05, 0.1) is 0 Å². The second-order valence-electron chi connectivity index (χ2n) is 3.97. The Balaban J connectivity index is 2.45. The van der Waals surface area contributed by atoms with Crippen LogP contribution in [0.1, 0.15) is 30.0 Å². The van der Waals surface area contributed by atoms with Crippen molar-refractivity contribution in [2.75, 3.05) is 0 Å². The van der Waals surface area contributed by atoms with Crippen molar-refractivity contribution in [2.45, 2.75) is 19.4 Å². The summed E-state index contributed by atoms with van der Waals surface area (Å²) in [5.74, 6) is -0.146. The van der Waals surface area contributed by atoms with Crippen molar-refractivity contribution in [1.82, 2.24) is 14.8 Å². The number of nitrogens with zero attached hydrogens (tertiary/aromatic N) is 3. The first-order valence-corrected chi connectivity index (χ1v) is 6.35. The van der Waals surface area contributed by atoms with E-state index in [4.69, 9.17) is 0 Å². The second-order valence-corrected chi connectivity index (χ2v) is 4.68. The normalized spacial score (nSPS) is 12.7. The van der Waals surface area contributed by atoms with Crippen LogP contribution in [0.25, 0.3) is 0 Å². The lowest BCUT2D eigenvalue weighted by Crippen LogP contribution is -2.10. The van der Waals surface area contributed by atoms with Crippen LogP contribution in [0.2, 0.25) is 0 Å². The number of hydrogen-bond donors (Lipinski definition) is 1. The predicted molar refractivity (Wildman–Crippen MR) is 68.5 cm³/mol. The Labute approximate surface area is 113 Å². The van der Waals surface area contributed by atoms with E-state index < -0.39 is 11.9 Å². The molecule has 0 fully saturated rings. The van der Waals surface area contributed by atoms with Crippen molar-refractivity contribution in [3.63, 3.8) is 0 Å². The third-order valence-corrected chi connectivity index (χ3v) is 3.11. The summed E-state index contributed by atoms with van der Waals surface area (Å²) in [7, 11) is 1.65. The van der Waals surface area contributed by atoms with Crippen LogP contribution in [0.5, 0.6) is 0 Å². The van der Waals surface area contributed by atoms with Crippen LogP contribution in [-0.2, 0) is 13.5 Å². The van der Waals surface area contributed by atoms with E-state index in [-0.39, 0.29) is 5.56 Å². The Morgan fingerprint density at radius 1 is 1.50 bits per heavy atom. The highest BCUT2D eigenvalue weighted by atomic mass is 79.9. The van der Waals surface area contributed by atoms with Gasteiger partial charge < -0.3 is 5.11 Å². The minimum absolute atomic E-state index is 0.220. The van der Waals surface area contributed by atoms with E-state index in [2.05, 4.69) is 26.0 Å². The summed E-state index contributed by atoms with van der Waals surface area (Å²) in [6.45, 7) is 1.97. The number of halogens is 2. The minimum Gasteiger partial charge on any atom is -0.380 e. The van der Waals surface area contributed by atoms with Gasteiger partial charge in [0.2, 0.25) is 4.73 Å². The summed E-state index contributed by atoms with van der Waals surface area (Å²) < 4.78 is 15.5. The monoisotopic (exact) mass is 313 g/mol. The molecule has 0 amide bonds. The van der Waals surface area contributed by atoms with Gasteiger partial charge >= 0.3 is 0 Å². The van der Waals surface area contributed by atoms with Crippen LogP contribution in [0, 0.1) is 5.82 Å². The Kier molecular flexibility index (Phi) is 3.77. The lowest BCUT2D eigenvalue weighted by atomic mass is 10.0. The molecule has 0 aliphatic rings. The van der Waals surface area contributed by atoms with Gasteiger partial charge in [0, 0.05) is 12.6 Å². The molecule has 0 spiro atoms. The number of aliphatic hydroxyl groups is 1. The van der Waals surface area contributed by atoms with Crippen molar-refractivity contribution < 1.29 is 9.50 Å². The van der Waals surface area contributed by atoms with Gasteiger partial charge in [0.15, 0.2) is 5.82 Å². The Hall–Kier alpha value is -1.27. The van der Waals surface area contributed by atoms with E-state index in [1.807, 2.05) is 6.92 Å². The van der Waals surface area contributed by atoms with E-state index in [1.54, 1.807) is 19.2 Å². The maximum absolute atomic E-state index is 13.8. The van der Waals surface area contributed by atoms with Crippen molar-refractivity contribution >= 4 is 15.9 Å². The molecule has 1 heterocycles. The zero-order valence-corrected chi connectivity index (χ0v) is 11.6. The molecule has 4 nitrogen and oxygen atoms in total. The fourth-order valence-corrected chi connectivity index (χ4v) is 2.18. The first-order valence-electron chi connectivity index (χ1n) is 5.55. The molecule has 2 rings (SSSR count). The largest absolute Gasteiger partial charge is 0.380 e. The van der Waals surface area contributed by atoms with Crippen LogP contribution >= 0.6 is 15.9 Å². The van der Waals surface area contributed by atoms with E-state index in [0.717, 1.165) is 12.0 Å². The van der Waals surface area contributed by atoms with E-state index in [1.165, 1.54) is 10.7 Å². The first kappa shape index (κ1) is 13.2. The first-order chi connectivity index (χ1) is 8.52. The molecule has 2 aromatic rings. The number of aryl methyl sites for hydroxylation is 2. The van der Waals surface area contributed by atoms with Gasteiger partial charge in [-0.15, -0.1) is 5.10 Å².